The molecule has 5 rings (SSSR count). The molecular weight excluding hydrogens is 633 g/mol. The topological polar surface area (TPSA) is 27.0 Å². The van der Waals surface area contributed by atoms with Crippen molar-refractivity contribution in [1.29, 1.82) is 0 Å². The summed E-state index contributed by atoms with van der Waals surface area (Å²) in [5.74, 6) is 0. The van der Waals surface area contributed by atoms with Crippen LogP contribution in [0.2, 0.25) is 19.6 Å². The third kappa shape index (κ3) is 7.01. The molecule has 0 amide bonds. The predicted octanol–water partition coefficient (Wildman–Crippen LogP) is 8.61. The molecule has 1 atom stereocenters. The Hall–Kier alpha value is -3.04. The zero-order chi connectivity index (χ0) is 24.7. The van der Waals surface area contributed by atoms with E-state index in [1.54, 1.807) is 0 Å². The quantitative estimate of drug-likeness (QED) is 0.159. The fourth-order valence-electron chi connectivity index (χ4n) is 4.09. The van der Waals surface area contributed by atoms with Crippen LogP contribution in [-0.2, 0) is 20.1 Å². The van der Waals surface area contributed by atoms with E-state index in [1.807, 2.05) is 48.7 Å². The van der Waals surface area contributed by atoms with Crippen molar-refractivity contribution < 1.29 is 20.1 Å². The van der Waals surface area contributed by atoms with Gasteiger partial charge < -0.3 is 10.3 Å². The number of nitrogens with zero attached hydrogens (tertiary/aromatic N) is 2. The van der Waals surface area contributed by atoms with Crippen LogP contribution in [0.4, 0.5) is 0 Å². The van der Waals surface area contributed by atoms with E-state index in [-0.39, 0.29) is 26.1 Å². The molecule has 1 aliphatic rings. The second-order valence-electron chi connectivity index (χ2n) is 9.60. The molecule has 4 heteroatoms. The molecule has 4 aromatic rings. The molecule has 0 saturated heterocycles. The average Bonchev–Trinajstić information content (AvgIpc) is 2.90. The van der Waals surface area contributed by atoms with Crippen molar-refractivity contribution in [2.75, 3.05) is 0 Å². The second-order valence-corrected chi connectivity index (χ2v) is 14.6. The van der Waals surface area contributed by atoms with Crippen LogP contribution in [0.25, 0.3) is 22.1 Å². The second kappa shape index (κ2) is 12.8. The van der Waals surface area contributed by atoms with Gasteiger partial charge in [-0.1, -0.05) is 78.9 Å². The van der Waals surface area contributed by atoms with Crippen molar-refractivity contribution in [2.24, 2.45) is 0 Å². The third-order valence-electron chi connectivity index (χ3n) is 5.90. The van der Waals surface area contributed by atoms with Crippen molar-refractivity contribution in [3.63, 3.8) is 0 Å². The molecule has 1 aromatic heterocycles. The third-order valence-corrected chi connectivity index (χ3v) is 7.95. The summed E-state index contributed by atoms with van der Waals surface area (Å²) in [7, 11) is -1.46. The Morgan fingerprint density at radius 1 is 0.806 bits per heavy atom. The normalized spacial score (nSPS) is 14.7. The molecule has 2 heterocycles. The number of rotatable bonds is 4. The summed E-state index contributed by atoms with van der Waals surface area (Å²) in [4.78, 5) is 4.32. The van der Waals surface area contributed by atoms with Crippen LogP contribution in [0.5, 0.6) is 0 Å². The maximum atomic E-state index is 4.77. The van der Waals surface area contributed by atoms with Gasteiger partial charge in [0.05, 0.1) is 8.07 Å². The largest absolute Gasteiger partial charge is 3.00 e. The van der Waals surface area contributed by atoms with Crippen molar-refractivity contribution in [3.8, 4) is 11.3 Å². The van der Waals surface area contributed by atoms with E-state index in [0.717, 1.165) is 16.8 Å². The Morgan fingerprint density at radius 2 is 1.50 bits per heavy atom. The molecule has 2 nitrogen and oxygen atoms in total. The standard InChI is InChI=1S/C20H21NSi.C12H10N.Ir/c1-22(2,3)20-14-19(17-12-8-5-9-13-17)21-15-18(20)16-10-6-4-7-11-16;1-10-6-5-9-13-12(10)11-7-3-2-4-8-11;/h4-12,14-15,19H,1-3H3;2-7,9H,1H3;/q-2;-1;+3. The van der Waals surface area contributed by atoms with Gasteiger partial charge in [-0.15, -0.1) is 35.9 Å². The van der Waals surface area contributed by atoms with Crippen LogP contribution in [-0.4, -0.2) is 13.1 Å². The Kier molecular flexibility index (Phi) is 9.78. The predicted molar refractivity (Wildman–Crippen MR) is 150 cm³/mol. The van der Waals surface area contributed by atoms with Gasteiger partial charge in [0.2, 0.25) is 0 Å². The minimum atomic E-state index is -1.46. The molecule has 0 radical (unpaired) electrons. The monoisotopic (exact) mass is 664 g/mol. The first kappa shape index (κ1) is 27.5. The van der Waals surface area contributed by atoms with Gasteiger partial charge in [0.1, 0.15) is 0 Å². The van der Waals surface area contributed by atoms with Crippen LogP contribution < -0.4 is 0 Å². The summed E-state index contributed by atoms with van der Waals surface area (Å²) in [5, 5.41) is 6.26. The van der Waals surface area contributed by atoms with Gasteiger partial charge in [-0.25, -0.2) is 0 Å². The van der Waals surface area contributed by atoms with E-state index in [2.05, 4.69) is 104 Å². The van der Waals surface area contributed by atoms with E-state index < -0.39 is 8.07 Å². The smallest absolute Gasteiger partial charge is 0.682 e. The summed E-state index contributed by atoms with van der Waals surface area (Å²) in [5.41, 5.74) is 6.94. The summed E-state index contributed by atoms with van der Waals surface area (Å²) in [6.07, 6.45) is 6.22. The zero-order valence-electron chi connectivity index (χ0n) is 21.2. The first-order chi connectivity index (χ1) is 16.9. The van der Waals surface area contributed by atoms with Gasteiger partial charge in [0, 0.05) is 6.20 Å². The molecule has 0 aliphatic carbocycles. The molecule has 182 valence electrons. The Morgan fingerprint density at radius 3 is 2.11 bits per heavy atom. The van der Waals surface area contributed by atoms with E-state index in [0.29, 0.717) is 0 Å². The van der Waals surface area contributed by atoms with E-state index in [9.17, 15) is 0 Å². The fourth-order valence-corrected chi connectivity index (χ4v) is 5.76. The van der Waals surface area contributed by atoms with E-state index in [1.165, 1.54) is 21.9 Å². The zero-order valence-corrected chi connectivity index (χ0v) is 24.6. The van der Waals surface area contributed by atoms with Crippen molar-refractivity contribution in [1.82, 2.24) is 4.98 Å². The van der Waals surface area contributed by atoms with Crippen molar-refractivity contribution in [2.45, 2.75) is 32.6 Å². The molecule has 0 bridgehead atoms. The number of pyridine rings is 1. The molecule has 1 unspecified atom stereocenters. The number of aromatic nitrogens is 1. The number of hydrogen-bond acceptors (Lipinski definition) is 1. The van der Waals surface area contributed by atoms with Gasteiger partial charge >= 0.3 is 20.1 Å². The minimum Gasteiger partial charge on any atom is -0.682 e. The summed E-state index contributed by atoms with van der Waals surface area (Å²) in [6.45, 7) is 9.25. The molecule has 0 saturated carbocycles. The Labute approximate surface area is 230 Å². The molecule has 0 N–H and O–H groups in total. The van der Waals surface area contributed by atoms with Gasteiger partial charge in [-0.05, 0) is 29.8 Å². The SMILES string of the molecule is C[Si](C)(C)C1=CC(c2[c-]cccc2)[N-]C=C1c1ccccc1.Cc1cccnc1-c1[c-]cccc1.[Ir+3]. The number of hydrogen-bond donors (Lipinski definition) is 0. The van der Waals surface area contributed by atoms with Crippen LogP contribution >= 0.6 is 0 Å². The van der Waals surface area contributed by atoms with Crippen molar-refractivity contribution in [3.05, 3.63) is 149 Å². The van der Waals surface area contributed by atoms with Crippen molar-refractivity contribution >= 4 is 13.6 Å². The average molecular weight is 664 g/mol. The van der Waals surface area contributed by atoms with Gasteiger partial charge in [0.15, 0.2) is 0 Å². The first-order valence-corrected chi connectivity index (χ1v) is 15.5. The van der Waals surface area contributed by atoms with Crippen LogP contribution in [0.15, 0.2) is 115 Å². The summed E-state index contributed by atoms with van der Waals surface area (Å²) in [6, 6.07) is 37.2. The van der Waals surface area contributed by atoms with Crippen LogP contribution in [0.3, 0.4) is 0 Å². The van der Waals surface area contributed by atoms with E-state index >= 15 is 0 Å². The van der Waals surface area contributed by atoms with Gasteiger partial charge in [0.25, 0.3) is 0 Å². The molecule has 1 aliphatic heterocycles. The maximum Gasteiger partial charge on any atom is 3.00 e. The maximum absolute atomic E-state index is 4.77. The fraction of sp³-hybridized carbons (Fsp3) is 0.156. The summed E-state index contributed by atoms with van der Waals surface area (Å²) >= 11 is 0. The minimum absolute atomic E-state index is 0. The number of aryl methyl sites for hydroxylation is 1. The van der Waals surface area contributed by atoms with Gasteiger partial charge in [-0.2, -0.15) is 42.1 Å². The number of benzene rings is 3. The van der Waals surface area contributed by atoms with Crippen LogP contribution in [0, 0.1) is 19.1 Å². The van der Waals surface area contributed by atoms with Gasteiger partial charge in [-0.3, -0.25) is 0 Å². The van der Waals surface area contributed by atoms with Crippen LogP contribution in [0.1, 0.15) is 22.7 Å². The van der Waals surface area contributed by atoms with E-state index in [4.69, 9.17) is 5.32 Å². The summed E-state index contributed by atoms with van der Waals surface area (Å²) < 4.78 is 0. The molecule has 3 aromatic carbocycles. The molecular formula is C32H31IrN2Si. The molecule has 0 fully saturated rings. The Bertz CT molecular complexity index is 1290. The first-order valence-electron chi connectivity index (χ1n) is 12.0. The molecule has 0 spiro atoms. The number of allylic oxidation sites excluding steroid dienone is 2. The molecule has 36 heavy (non-hydrogen) atoms. The Balaban J connectivity index is 0.000000221.